The number of hydrogen-bond acceptors (Lipinski definition) is 2. The van der Waals surface area contributed by atoms with Gasteiger partial charge in [0.25, 0.3) is 0 Å². The summed E-state index contributed by atoms with van der Waals surface area (Å²) in [4.78, 5) is 0. The quantitative estimate of drug-likeness (QED) is 0.340. The summed E-state index contributed by atoms with van der Waals surface area (Å²) in [6.45, 7) is 19.7. The van der Waals surface area contributed by atoms with Crippen molar-refractivity contribution in [3.63, 3.8) is 0 Å². The van der Waals surface area contributed by atoms with Crippen molar-refractivity contribution in [3.05, 3.63) is 35.4 Å². The maximum absolute atomic E-state index is 6.76. The van der Waals surface area contributed by atoms with Gasteiger partial charge in [-0.15, -0.1) is 0 Å². The summed E-state index contributed by atoms with van der Waals surface area (Å²) in [7, 11) is -1.78. The van der Waals surface area contributed by atoms with Gasteiger partial charge in [-0.3, -0.25) is 0 Å². The molecular weight excluding hydrogens is 388 g/mol. The van der Waals surface area contributed by atoms with Gasteiger partial charge in [0.05, 0.1) is 6.61 Å². The van der Waals surface area contributed by atoms with Crippen LogP contribution in [0, 0.1) is 11.8 Å². The molecule has 0 aromatic heterocycles. The first kappa shape index (κ1) is 25.0. The molecule has 2 rings (SSSR count). The second-order valence-corrected chi connectivity index (χ2v) is 17.3. The summed E-state index contributed by atoms with van der Waals surface area (Å²) in [5, 5.41) is 0.855. The van der Waals surface area contributed by atoms with Crippen LogP contribution in [0.4, 0.5) is 0 Å². The van der Waals surface area contributed by atoms with Crippen molar-refractivity contribution in [3.8, 4) is 0 Å². The first-order valence-electron chi connectivity index (χ1n) is 12.0. The van der Waals surface area contributed by atoms with E-state index < -0.39 is 8.32 Å². The van der Waals surface area contributed by atoms with Crippen LogP contribution in [0.3, 0.4) is 0 Å². The molecule has 2 unspecified atom stereocenters. The smallest absolute Gasteiger partial charge is 0.200 e. The Kier molecular flexibility index (Phi) is 9.82. The Bertz CT molecular complexity index is 571. The fourth-order valence-electron chi connectivity index (χ4n) is 5.59. The second kappa shape index (κ2) is 11.4. The highest BCUT2D eigenvalue weighted by atomic mass is 32.2. The largest absolute Gasteiger partial charge is 0.412 e. The Hall–Kier alpha value is -0.253. The molecule has 166 valence electrons. The molecule has 1 aliphatic rings. The Morgan fingerprint density at radius 2 is 1.41 bits per heavy atom. The van der Waals surface area contributed by atoms with Gasteiger partial charge < -0.3 is 4.43 Å². The molecule has 0 heterocycles. The van der Waals surface area contributed by atoms with E-state index in [2.05, 4.69) is 91.4 Å². The molecule has 0 saturated heterocycles. The van der Waals surface area contributed by atoms with E-state index in [-0.39, 0.29) is 0 Å². The maximum atomic E-state index is 6.76. The minimum atomic E-state index is -1.78. The Balaban J connectivity index is 1.90. The van der Waals surface area contributed by atoms with Crippen LogP contribution < -0.4 is 0 Å². The van der Waals surface area contributed by atoms with Crippen LogP contribution in [0.25, 0.3) is 0 Å². The highest BCUT2D eigenvalue weighted by Crippen LogP contribution is 2.43. The topological polar surface area (TPSA) is 9.23 Å². The van der Waals surface area contributed by atoms with Crippen molar-refractivity contribution in [1.82, 2.24) is 0 Å². The summed E-state index contributed by atoms with van der Waals surface area (Å²) in [6.07, 6.45) is 5.69. The van der Waals surface area contributed by atoms with Gasteiger partial charge in [0.1, 0.15) is 0 Å². The molecule has 1 aliphatic carbocycles. The number of benzene rings is 1. The van der Waals surface area contributed by atoms with E-state index >= 15 is 0 Å². The summed E-state index contributed by atoms with van der Waals surface area (Å²) >= 11 is 2.18. The third-order valence-corrected chi connectivity index (χ3v) is 14.8. The van der Waals surface area contributed by atoms with Crippen LogP contribution in [0.5, 0.6) is 0 Å². The first-order chi connectivity index (χ1) is 13.7. The fourth-order valence-corrected chi connectivity index (χ4v) is 12.3. The highest BCUT2D eigenvalue weighted by molar-refractivity contribution is 7.99. The number of hydrogen-bond donors (Lipinski definition) is 0. The van der Waals surface area contributed by atoms with E-state index in [1.54, 1.807) is 0 Å². The molecule has 29 heavy (non-hydrogen) atoms. The molecule has 3 heteroatoms. The molecule has 1 nitrogen and oxygen atoms in total. The van der Waals surface area contributed by atoms with E-state index in [0.717, 1.165) is 29.4 Å². The van der Waals surface area contributed by atoms with Crippen molar-refractivity contribution in [2.24, 2.45) is 11.8 Å². The molecular formula is C26H46OSSi. The third kappa shape index (κ3) is 6.61. The van der Waals surface area contributed by atoms with E-state index in [1.165, 1.54) is 36.8 Å². The number of thioether (sulfide) groups is 1. The van der Waals surface area contributed by atoms with Crippen molar-refractivity contribution in [1.29, 1.82) is 0 Å². The molecule has 0 aliphatic heterocycles. The fraction of sp³-hybridized carbons (Fsp3) is 0.769. The lowest BCUT2D eigenvalue weighted by Crippen LogP contribution is -2.47. The van der Waals surface area contributed by atoms with E-state index in [1.807, 2.05) is 0 Å². The molecule has 1 fully saturated rings. The predicted molar refractivity (Wildman–Crippen MR) is 134 cm³/mol. The van der Waals surface area contributed by atoms with Gasteiger partial charge in [-0.2, -0.15) is 11.8 Å². The molecule has 2 atom stereocenters. The molecule has 0 N–H and O–H groups in total. The average molecular weight is 435 g/mol. The summed E-state index contributed by atoms with van der Waals surface area (Å²) in [6, 6.07) is 9.26. The van der Waals surface area contributed by atoms with Gasteiger partial charge in [0, 0.05) is 11.0 Å². The maximum Gasteiger partial charge on any atom is 0.200 e. The first-order valence-corrected chi connectivity index (χ1v) is 15.2. The molecule has 1 saturated carbocycles. The van der Waals surface area contributed by atoms with Crippen molar-refractivity contribution in [2.45, 2.75) is 115 Å². The minimum Gasteiger partial charge on any atom is -0.412 e. The third-order valence-electron chi connectivity index (χ3n) is 7.31. The van der Waals surface area contributed by atoms with Gasteiger partial charge >= 0.3 is 0 Å². The van der Waals surface area contributed by atoms with Gasteiger partial charge in [0.2, 0.25) is 8.32 Å². The second-order valence-electron chi connectivity index (χ2n) is 10.5. The molecule has 0 amide bonds. The summed E-state index contributed by atoms with van der Waals surface area (Å²) in [5.41, 5.74) is 4.72. The monoisotopic (exact) mass is 434 g/mol. The molecule has 1 aromatic rings. The summed E-state index contributed by atoms with van der Waals surface area (Å²) in [5.74, 6) is 2.93. The Morgan fingerprint density at radius 1 is 0.862 bits per heavy atom. The van der Waals surface area contributed by atoms with E-state index in [0.29, 0.717) is 16.6 Å². The number of rotatable bonds is 10. The van der Waals surface area contributed by atoms with Crippen LogP contribution >= 0.6 is 11.8 Å². The summed E-state index contributed by atoms with van der Waals surface area (Å²) < 4.78 is 6.76. The van der Waals surface area contributed by atoms with Crippen LogP contribution in [0.1, 0.15) is 92.2 Å². The van der Waals surface area contributed by atoms with Crippen LogP contribution in [-0.2, 0) is 16.8 Å². The van der Waals surface area contributed by atoms with Crippen LogP contribution in [-0.4, -0.2) is 13.6 Å². The predicted octanol–water partition coefficient (Wildman–Crippen LogP) is 8.83. The van der Waals surface area contributed by atoms with Gasteiger partial charge in [-0.25, -0.2) is 0 Å². The Labute approximate surface area is 186 Å². The SMILES string of the molecule is CC(C)C1CCCC(SCc2ccc(CO[Si](C(C)C)(C(C)C)C(C)C)cc2)C1. The highest BCUT2D eigenvalue weighted by Gasteiger charge is 2.44. The minimum absolute atomic E-state index is 0.642. The van der Waals surface area contributed by atoms with Gasteiger partial charge in [0.15, 0.2) is 0 Å². The molecule has 1 aromatic carbocycles. The van der Waals surface area contributed by atoms with E-state index in [4.69, 9.17) is 4.43 Å². The van der Waals surface area contributed by atoms with Crippen molar-refractivity contribution >= 4 is 20.1 Å². The van der Waals surface area contributed by atoms with Crippen LogP contribution in [0.15, 0.2) is 24.3 Å². The van der Waals surface area contributed by atoms with Gasteiger partial charge in [-0.05, 0) is 52.4 Å². The van der Waals surface area contributed by atoms with Crippen LogP contribution in [0.2, 0.25) is 16.6 Å². The Morgan fingerprint density at radius 3 is 1.93 bits per heavy atom. The molecule has 0 radical (unpaired) electrons. The standard InChI is InChI=1S/C26H46OSSi/c1-19(2)25-10-9-11-26(16-25)28-18-24-14-12-23(13-15-24)17-27-29(20(3)4,21(5)6)22(7)8/h12-15,19-22,25-26H,9-11,16-18H2,1-8H3. The normalized spacial score (nSPS) is 21.0. The lowest BCUT2D eigenvalue weighted by atomic mass is 9.81. The lowest BCUT2D eigenvalue weighted by molar-refractivity contribution is 0.266. The molecule has 0 spiro atoms. The zero-order valence-electron chi connectivity index (χ0n) is 20.3. The lowest BCUT2D eigenvalue weighted by Gasteiger charge is -2.42. The van der Waals surface area contributed by atoms with Crippen molar-refractivity contribution < 1.29 is 4.43 Å². The average Bonchev–Trinajstić information content (AvgIpc) is 2.67. The zero-order valence-corrected chi connectivity index (χ0v) is 22.1. The molecule has 0 bridgehead atoms. The van der Waals surface area contributed by atoms with Gasteiger partial charge in [-0.1, -0.05) is 92.5 Å². The zero-order chi connectivity index (χ0) is 21.6. The van der Waals surface area contributed by atoms with E-state index in [9.17, 15) is 0 Å². The van der Waals surface area contributed by atoms with Crippen molar-refractivity contribution in [2.75, 3.05) is 0 Å².